The molecular weight excluding hydrogens is 358 g/mol. The molecule has 0 aliphatic carbocycles. The molecule has 1 aromatic rings. The lowest BCUT2D eigenvalue weighted by molar-refractivity contribution is -0.140. The van der Waals surface area contributed by atoms with Crippen LogP contribution in [-0.2, 0) is 14.8 Å². The van der Waals surface area contributed by atoms with Crippen LogP contribution in [0.1, 0.15) is 12.0 Å². The summed E-state index contributed by atoms with van der Waals surface area (Å²) in [6.45, 7) is 1.57. The first-order chi connectivity index (χ1) is 8.73. The van der Waals surface area contributed by atoms with Crippen molar-refractivity contribution in [1.82, 2.24) is 4.31 Å². The lowest BCUT2D eigenvalue weighted by Gasteiger charge is -2.19. The molecule has 2 atom stereocenters. The van der Waals surface area contributed by atoms with Crippen molar-refractivity contribution in [3.05, 3.63) is 15.4 Å². The maximum atomic E-state index is 12.4. The fourth-order valence-corrected chi connectivity index (χ4v) is 5.94. The minimum Gasteiger partial charge on any atom is -0.480 e. The Hall–Kier alpha value is -0.480. The molecule has 0 spiro atoms. The van der Waals surface area contributed by atoms with Gasteiger partial charge in [0.15, 0.2) is 0 Å². The van der Waals surface area contributed by atoms with Crippen molar-refractivity contribution in [3.8, 4) is 0 Å². The molecule has 0 amide bonds. The second kappa shape index (κ2) is 5.13. The third-order valence-corrected chi connectivity index (χ3v) is 7.38. The average Bonchev–Trinajstić information content (AvgIpc) is 2.84. The van der Waals surface area contributed by atoms with Crippen LogP contribution in [0.15, 0.2) is 14.1 Å². The van der Waals surface area contributed by atoms with Crippen LogP contribution in [0.3, 0.4) is 0 Å². The summed E-state index contributed by atoms with van der Waals surface area (Å²) in [4.78, 5) is 11.1. The number of sulfonamides is 1. The largest absolute Gasteiger partial charge is 0.480 e. The van der Waals surface area contributed by atoms with Crippen molar-refractivity contribution in [2.24, 2.45) is 0 Å². The standard InChI is InChI=1S/C10H12BrNO5S2/c1-5-2-8(18-9(5)11)19(16,17)12-4-6(13)3-7(12)10(14)15/h2,6-7,13H,3-4H2,1H3,(H,14,15)/t6-,7+/m1/s1. The third kappa shape index (κ3) is 2.70. The molecular formula is C10H12BrNO5S2. The smallest absolute Gasteiger partial charge is 0.322 e. The number of β-amino-alcohol motifs (C(OH)–C–C–N with tert-alkyl or cyclic N) is 1. The predicted octanol–water partition coefficient (Wildman–Crippen LogP) is 1.03. The number of hydrogen-bond donors (Lipinski definition) is 2. The van der Waals surface area contributed by atoms with Gasteiger partial charge < -0.3 is 10.2 Å². The summed E-state index contributed by atoms with van der Waals surface area (Å²) in [5, 5.41) is 18.6. The Bertz CT molecular complexity index is 592. The number of carbonyl (C=O) groups is 1. The highest BCUT2D eigenvalue weighted by Crippen LogP contribution is 2.35. The van der Waals surface area contributed by atoms with Gasteiger partial charge in [0.25, 0.3) is 10.0 Å². The summed E-state index contributed by atoms with van der Waals surface area (Å²) >= 11 is 4.28. The molecule has 0 aromatic carbocycles. The minimum absolute atomic E-state index is 0.0808. The Morgan fingerprint density at radius 1 is 1.58 bits per heavy atom. The lowest BCUT2D eigenvalue weighted by atomic mass is 10.2. The number of aliphatic hydroxyl groups excluding tert-OH is 1. The first-order valence-corrected chi connectivity index (χ1v) is 8.47. The third-order valence-electron chi connectivity index (χ3n) is 2.92. The van der Waals surface area contributed by atoms with E-state index in [1.807, 2.05) is 0 Å². The fourth-order valence-electron chi connectivity index (χ4n) is 1.95. The van der Waals surface area contributed by atoms with Crippen LogP contribution in [-0.4, -0.2) is 47.6 Å². The van der Waals surface area contributed by atoms with Gasteiger partial charge in [-0.15, -0.1) is 11.3 Å². The molecule has 9 heteroatoms. The number of rotatable bonds is 3. The van der Waals surface area contributed by atoms with E-state index in [0.717, 1.165) is 21.2 Å². The van der Waals surface area contributed by atoms with Gasteiger partial charge >= 0.3 is 5.97 Å². The van der Waals surface area contributed by atoms with E-state index in [9.17, 15) is 18.3 Å². The van der Waals surface area contributed by atoms with E-state index in [0.29, 0.717) is 3.79 Å². The average molecular weight is 370 g/mol. The molecule has 1 aromatic heterocycles. The second-order valence-electron chi connectivity index (χ2n) is 4.34. The Labute approximate surface area is 122 Å². The molecule has 0 bridgehead atoms. The monoisotopic (exact) mass is 369 g/mol. The zero-order chi connectivity index (χ0) is 14.4. The van der Waals surface area contributed by atoms with E-state index in [4.69, 9.17) is 5.11 Å². The van der Waals surface area contributed by atoms with E-state index in [1.165, 1.54) is 6.07 Å². The van der Waals surface area contributed by atoms with Crippen LogP contribution in [0.4, 0.5) is 0 Å². The number of carboxylic acids is 1. The summed E-state index contributed by atoms with van der Waals surface area (Å²) in [6.07, 6.45) is -1.03. The van der Waals surface area contributed by atoms with Crippen molar-refractivity contribution in [2.75, 3.05) is 6.54 Å². The van der Waals surface area contributed by atoms with Crippen molar-refractivity contribution in [1.29, 1.82) is 0 Å². The number of carboxylic acid groups (broad SMARTS) is 1. The Morgan fingerprint density at radius 3 is 2.68 bits per heavy atom. The van der Waals surface area contributed by atoms with Gasteiger partial charge in [-0.2, -0.15) is 4.31 Å². The molecule has 2 heterocycles. The molecule has 0 saturated carbocycles. The molecule has 0 unspecified atom stereocenters. The van der Waals surface area contributed by atoms with E-state index in [1.54, 1.807) is 6.92 Å². The van der Waals surface area contributed by atoms with Gasteiger partial charge in [-0.1, -0.05) is 0 Å². The van der Waals surface area contributed by atoms with Crippen LogP contribution in [0.25, 0.3) is 0 Å². The molecule has 1 fully saturated rings. The molecule has 1 saturated heterocycles. The van der Waals surface area contributed by atoms with Crippen molar-refractivity contribution >= 4 is 43.3 Å². The summed E-state index contributed by atoms with van der Waals surface area (Å²) in [5.41, 5.74) is 0.773. The maximum absolute atomic E-state index is 12.4. The summed E-state index contributed by atoms with van der Waals surface area (Å²) in [5.74, 6) is -1.24. The molecule has 0 radical (unpaired) electrons. The van der Waals surface area contributed by atoms with E-state index in [-0.39, 0.29) is 17.2 Å². The number of hydrogen-bond acceptors (Lipinski definition) is 5. The molecule has 1 aliphatic rings. The lowest BCUT2D eigenvalue weighted by Crippen LogP contribution is -2.40. The maximum Gasteiger partial charge on any atom is 0.322 e. The van der Waals surface area contributed by atoms with Gasteiger partial charge in [0, 0.05) is 13.0 Å². The van der Waals surface area contributed by atoms with Gasteiger partial charge in [0.2, 0.25) is 0 Å². The molecule has 19 heavy (non-hydrogen) atoms. The highest BCUT2D eigenvalue weighted by Gasteiger charge is 2.44. The van der Waals surface area contributed by atoms with Gasteiger partial charge in [-0.05, 0) is 34.5 Å². The van der Waals surface area contributed by atoms with Gasteiger partial charge in [0.1, 0.15) is 10.3 Å². The quantitative estimate of drug-likeness (QED) is 0.829. The number of aryl methyl sites for hydroxylation is 1. The SMILES string of the molecule is Cc1cc(S(=O)(=O)N2C[C@H](O)C[C@H]2C(=O)O)sc1Br. The van der Waals surface area contributed by atoms with Crippen LogP contribution in [0.2, 0.25) is 0 Å². The Morgan fingerprint density at radius 2 is 2.21 bits per heavy atom. The predicted molar refractivity (Wildman–Crippen MR) is 72.7 cm³/mol. The number of aliphatic carboxylic acids is 1. The molecule has 2 N–H and O–H groups in total. The van der Waals surface area contributed by atoms with Crippen molar-refractivity contribution in [2.45, 2.75) is 29.7 Å². The van der Waals surface area contributed by atoms with Crippen LogP contribution >= 0.6 is 27.3 Å². The van der Waals surface area contributed by atoms with E-state index in [2.05, 4.69) is 15.9 Å². The molecule has 1 aliphatic heterocycles. The summed E-state index contributed by atoms with van der Waals surface area (Å²) in [7, 11) is -3.89. The first-order valence-electron chi connectivity index (χ1n) is 5.42. The summed E-state index contributed by atoms with van der Waals surface area (Å²) in [6, 6.07) is 0.287. The molecule has 2 rings (SSSR count). The van der Waals surface area contributed by atoms with Crippen molar-refractivity contribution < 1.29 is 23.4 Å². The zero-order valence-corrected chi connectivity index (χ0v) is 13.1. The topological polar surface area (TPSA) is 94.9 Å². The molecule has 6 nitrogen and oxygen atoms in total. The zero-order valence-electron chi connectivity index (χ0n) is 9.91. The van der Waals surface area contributed by atoms with Gasteiger partial charge in [-0.3, -0.25) is 4.79 Å². The Balaban J connectivity index is 2.41. The minimum atomic E-state index is -3.89. The number of nitrogens with zero attached hydrogens (tertiary/aromatic N) is 1. The molecule has 106 valence electrons. The van der Waals surface area contributed by atoms with E-state index >= 15 is 0 Å². The van der Waals surface area contributed by atoms with Gasteiger partial charge in [-0.25, -0.2) is 8.42 Å². The normalized spacial score (nSPS) is 24.8. The van der Waals surface area contributed by atoms with Crippen LogP contribution in [0, 0.1) is 6.92 Å². The number of aliphatic hydroxyl groups is 1. The highest BCUT2D eigenvalue weighted by molar-refractivity contribution is 9.11. The van der Waals surface area contributed by atoms with Crippen LogP contribution in [0.5, 0.6) is 0 Å². The first kappa shape index (κ1) is 14.9. The second-order valence-corrected chi connectivity index (χ2v) is 8.83. The summed E-state index contributed by atoms with van der Waals surface area (Å²) < 4.78 is 26.4. The van der Waals surface area contributed by atoms with E-state index < -0.39 is 28.1 Å². The van der Waals surface area contributed by atoms with Gasteiger partial charge in [0.05, 0.1) is 9.89 Å². The fraction of sp³-hybridized carbons (Fsp3) is 0.500. The van der Waals surface area contributed by atoms with Crippen molar-refractivity contribution in [3.63, 3.8) is 0 Å². The number of halogens is 1. The highest BCUT2D eigenvalue weighted by atomic mass is 79.9. The van der Waals surface area contributed by atoms with Crippen LogP contribution < -0.4 is 0 Å². The number of thiophene rings is 1. The Kier molecular flexibility index (Phi) is 4.03.